The number of H-pyrrole nitrogens is 1. The van der Waals surface area contributed by atoms with Crippen LogP contribution >= 0.6 is 0 Å². The summed E-state index contributed by atoms with van der Waals surface area (Å²) >= 11 is 0. The summed E-state index contributed by atoms with van der Waals surface area (Å²) in [5.74, 6) is 0. The SMILES string of the molecule is O=C(O)NCCc1cn[nH]n1. The van der Waals surface area contributed by atoms with Crippen LogP contribution in [0.15, 0.2) is 6.20 Å². The standard InChI is InChI=1S/C5H8N4O2/c10-5(11)6-2-1-4-3-7-9-8-4/h3,6H,1-2H2,(H,10,11)(H,7,8,9). The van der Waals surface area contributed by atoms with Gasteiger partial charge >= 0.3 is 6.09 Å². The first-order valence-electron chi connectivity index (χ1n) is 3.10. The van der Waals surface area contributed by atoms with Crippen LogP contribution in [0.2, 0.25) is 0 Å². The normalized spacial score (nSPS) is 9.45. The highest BCUT2D eigenvalue weighted by atomic mass is 16.4. The van der Waals surface area contributed by atoms with E-state index in [-0.39, 0.29) is 0 Å². The molecule has 1 amide bonds. The van der Waals surface area contributed by atoms with Crippen molar-refractivity contribution in [1.29, 1.82) is 0 Å². The maximum Gasteiger partial charge on any atom is 0.404 e. The maximum atomic E-state index is 9.97. The van der Waals surface area contributed by atoms with Crippen molar-refractivity contribution in [3.8, 4) is 0 Å². The zero-order valence-electron chi connectivity index (χ0n) is 5.74. The van der Waals surface area contributed by atoms with Gasteiger partial charge in [-0.2, -0.15) is 15.4 Å². The van der Waals surface area contributed by atoms with Gasteiger partial charge in [-0.3, -0.25) is 0 Å². The van der Waals surface area contributed by atoms with Crippen molar-refractivity contribution >= 4 is 6.09 Å². The first-order valence-corrected chi connectivity index (χ1v) is 3.10. The van der Waals surface area contributed by atoms with Crippen LogP contribution < -0.4 is 5.32 Å². The molecule has 0 bridgehead atoms. The third-order valence-electron chi connectivity index (χ3n) is 1.12. The molecule has 1 aromatic heterocycles. The second-order valence-corrected chi connectivity index (χ2v) is 1.94. The number of aromatic amines is 1. The molecular weight excluding hydrogens is 148 g/mol. The van der Waals surface area contributed by atoms with Crippen molar-refractivity contribution in [2.75, 3.05) is 6.54 Å². The molecule has 0 aliphatic heterocycles. The Morgan fingerprint density at radius 1 is 1.82 bits per heavy atom. The fourth-order valence-electron chi connectivity index (χ4n) is 0.643. The van der Waals surface area contributed by atoms with Crippen molar-refractivity contribution in [3.63, 3.8) is 0 Å². The lowest BCUT2D eigenvalue weighted by atomic mass is 10.3. The molecule has 0 unspecified atom stereocenters. The minimum absolute atomic E-state index is 0.363. The summed E-state index contributed by atoms with van der Waals surface area (Å²) in [6.07, 6.45) is 1.10. The summed E-state index contributed by atoms with van der Waals surface area (Å²) in [6, 6.07) is 0. The first kappa shape index (κ1) is 7.52. The van der Waals surface area contributed by atoms with Crippen molar-refractivity contribution in [2.45, 2.75) is 6.42 Å². The molecule has 6 heteroatoms. The van der Waals surface area contributed by atoms with E-state index in [1.54, 1.807) is 6.20 Å². The van der Waals surface area contributed by atoms with Gasteiger partial charge in [-0.15, -0.1) is 0 Å². The van der Waals surface area contributed by atoms with Gasteiger partial charge < -0.3 is 10.4 Å². The van der Waals surface area contributed by atoms with E-state index < -0.39 is 6.09 Å². The zero-order valence-corrected chi connectivity index (χ0v) is 5.74. The van der Waals surface area contributed by atoms with Gasteiger partial charge in [0.2, 0.25) is 0 Å². The smallest absolute Gasteiger partial charge is 0.404 e. The van der Waals surface area contributed by atoms with E-state index >= 15 is 0 Å². The third kappa shape index (κ3) is 2.65. The molecule has 1 aromatic rings. The van der Waals surface area contributed by atoms with E-state index in [1.807, 2.05) is 0 Å². The average Bonchev–Trinajstić information content (AvgIpc) is 2.39. The molecule has 6 nitrogen and oxygen atoms in total. The van der Waals surface area contributed by atoms with Crippen LogP contribution in [0.25, 0.3) is 0 Å². The number of amides is 1. The number of carboxylic acid groups (broad SMARTS) is 1. The molecule has 0 saturated heterocycles. The van der Waals surface area contributed by atoms with Crippen LogP contribution in [0.5, 0.6) is 0 Å². The van der Waals surface area contributed by atoms with Crippen molar-refractivity contribution in [3.05, 3.63) is 11.9 Å². The Morgan fingerprint density at radius 3 is 3.18 bits per heavy atom. The molecular formula is C5H8N4O2. The molecule has 0 saturated carbocycles. The van der Waals surface area contributed by atoms with Gasteiger partial charge in [0.05, 0.1) is 11.9 Å². The van der Waals surface area contributed by atoms with Crippen molar-refractivity contribution in [1.82, 2.24) is 20.7 Å². The lowest BCUT2D eigenvalue weighted by Gasteiger charge is -1.95. The highest BCUT2D eigenvalue weighted by molar-refractivity contribution is 5.64. The van der Waals surface area contributed by atoms with E-state index in [0.717, 1.165) is 5.69 Å². The predicted molar refractivity (Wildman–Crippen MR) is 36.1 cm³/mol. The van der Waals surface area contributed by atoms with Gasteiger partial charge in [0.1, 0.15) is 0 Å². The molecule has 0 radical (unpaired) electrons. The minimum atomic E-state index is -1.02. The molecule has 0 spiro atoms. The van der Waals surface area contributed by atoms with E-state index in [9.17, 15) is 4.79 Å². The molecule has 1 rings (SSSR count). The number of rotatable bonds is 3. The van der Waals surface area contributed by atoms with Gasteiger partial charge in [0.15, 0.2) is 0 Å². The Balaban J connectivity index is 2.19. The van der Waals surface area contributed by atoms with Crippen molar-refractivity contribution < 1.29 is 9.90 Å². The predicted octanol–water partition coefficient (Wildman–Crippen LogP) is -0.385. The lowest BCUT2D eigenvalue weighted by Crippen LogP contribution is -2.23. The molecule has 0 fully saturated rings. The summed E-state index contributed by atoms with van der Waals surface area (Å²) < 4.78 is 0. The van der Waals surface area contributed by atoms with Gasteiger partial charge in [-0.05, 0) is 0 Å². The fraction of sp³-hybridized carbons (Fsp3) is 0.400. The second-order valence-electron chi connectivity index (χ2n) is 1.94. The van der Waals surface area contributed by atoms with E-state index in [2.05, 4.69) is 20.7 Å². The van der Waals surface area contributed by atoms with Gasteiger partial charge in [-0.1, -0.05) is 0 Å². The Bertz CT molecular complexity index is 220. The van der Waals surface area contributed by atoms with Gasteiger partial charge in [-0.25, -0.2) is 4.79 Å². The van der Waals surface area contributed by atoms with Crippen molar-refractivity contribution in [2.24, 2.45) is 0 Å². The molecule has 0 aromatic carbocycles. The third-order valence-corrected chi connectivity index (χ3v) is 1.12. The van der Waals surface area contributed by atoms with E-state index in [1.165, 1.54) is 0 Å². The molecule has 0 aliphatic carbocycles. The topological polar surface area (TPSA) is 90.9 Å². The summed E-state index contributed by atoms with van der Waals surface area (Å²) in [5, 5.41) is 20.2. The first-order chi connectivity index (χ1) is 5.29. The molecule has 0 aliphatic rings. The summed E-state index contributed by atoms with van der Waals surface area (Å²) in [6.45, 7) is 0.363. The fourth-order valence-corrected chi connectivity index (χ4v) is 0.643. The number of hydrogen-bond acceptors (Lipinski definition) is 3. The van der Waals surface area contributed by atoms with Crippen LogP contribution in [0, 0.1) is 0 Å². The van der Waals surface area contributed by atoms with Gasteiger partial charge in [0, 0.05) is 13.0 Å². The quantitative estimate of drug-likeness (QED) is 0.556. The molecule has 0 atom stereocenters. The van der Waals surface area contributed by atoms with Crippen LogP contribution in [0.1, 0.15) is 5.69 Å². The molecule has 1 heterocycles. The summed E-state index contributed by atoms with van der Waals surface area (Å²) in [4.78, 5) is 9.97. The van der Waals surface area contributed by atoms with Crippen LogP contribution in [-0.4, -0.2) is 33.2 Å². The molecule has 3 N–H and O–H groups in total. The molecule has 11 heavy (non-hydrogen) atoms. The molecule has 60 valence electrons. The number of nitrogens with one attached hydrogen (secondary N) is 2. The Labute approximate surface area is 62.6 Å². The monoisotopic (exact) mass is 156 g/mol. The van der Waals surface area contributed by atoms with Crippen LogP contribution in [-0.2, 0) is 6.42 Å². The number of nitrogens with zero attached hydrogens (tertiary/aromatic N) is 2. The number of hydrogen-bond donors (Lipinski definition) is 3. The Hall–Kier alpha value is -1.59. The Morgan fingerprint density at radius 2 is 2.64 bits per heavy atom. The number of carbonyl (C=O) groups is 1. The largest absolute Gasteiger partial charge is 0.465 e. The number of aromatic nitrogens is 3. The van der Waals surface area contributed by atoms with E-state index in [0.29, 0.717) is 13.0 Å². The van der Waals surface area contributed by atoms with Crippen LogP contribution in [0.4, 0.5) is 4.79 Å². The summed E-state index contributed by atoms with van der Waals surface area (Å²) in [7, 11) is 0. The van der Waals surface area contributed by atoms with Crippen LogP contribution in [0.3, 0.4) is 0 Å². The zero-order chi connectivity index (χ0) is 8.10. The van der Waals surface area contributed by atoms with E-state index in [4.69, 9.17) is 5.11 Å². The average molecular weight is 156 g/mol. The van der Waals surface area contributed by atoms with Gasteiger partial charge in [0.25, 0.3) is 0 Å². The summed E-state index contributed by atoms with van der Waals surface area (Å²) in [5.41, 5.74) is 0.749. The minimum Gasteiger partial charge on any atom is -0.465 e. The lowest BCUT2D eigenvalue weighted by molar-refractivity contribution is 0.194. The Kier molecular flexibility index (Phi) is 2.42. The maximum absolute atomic E-state index is 9.97. The second kappa shape index (κ2) is 3.55. The highest BCUT2D eigenvalue weighted by Gasteiger charge is 1.96. The highest BCUT2D eigenvalue weighted by Crippen LogP contribution is 1.87.